The molecule has 3 nitrogen and oxygen atoms in total. The number of pyridine rings is 1. The van der Waals surface area contributed by atoms with Crippen LogP contribution in [-0.2, 0) is 0 Å². The standard InChI is InChI=1S/C15H12Cl2N2O/c16-14-8-11(18)5-6-15(14,17)20-12-7-10-3-1-2-4-13(10)19-9-12/h1-9,14H,18H2. The second-order valence-corrected chi connectivity index (χ2v) is 5.63. The molecule has 5 heteroatoms. The summed E-state index contributed by atoms with van der Waals surface area (Å²) in [5.74, 6) is 0.558. The summed E-state index contributed by atoms with van der Waals surface area (Å²) in [7, 11) is 0. The van der Waals surface area contributed by atoms with Crippen LogP contribution in [0.4, 0.5) is 0 Å². The molecule has 0 radical (unpaired) electrons. The van der Waals surface area contributed by atoms with E-state index in [4.69, 9.17) is 33.7 Å². The summed E-state index contributed by atoms with van der Waals surface area (Å²) in [6.07, 6.45) is 6.62. The van der Waals surface area contributed by atoms with Gasteiger partial charge in [-0.25, -0.2) is 0 Å². The highest BCUT2D eigenvalue weighted by atomic mass is 35.5. The van der Waals surface area contributed by atoms with Crippen molar-refractivity contribution in [3.8, 4) is 5.75 Å². The van der Waals surface area contributed by atoms with Crippen molar-refractivity contribution in [2.75, 3.05) is 0 Å². The van der Waals surface area contributed by atoms with Crippen LogP contribution in [0.1, 0.15) is 0 Å². The molecule has 2 N–H and O–H groups in total. The van der Waals surface area contributed by atoms with Crippen LogP contribution in [0.25, 0.3) is 10.9 Å². The number of nitrogens with zero attached hydrogens (tertiary/aromatic N) is 1. The molecule has 0 bridgehead atoms. The largest absolute Gasteiger partial charge is 0.465 e. The summed E-state index contributed by atoms with van der Waals surface area (Å²) in [5.41, 5.74) is 7.15. The zero-order valence-corrected chi connectivity index (χ0v) is 12.0. The maximum Gasteiger partial charge on any atom is 0.221 e. The van der Waals surface area contributed by atoms with Crippen molar-refractivity contribution in [2.45, 2.75) is 10.4 Å². The second-order valence-electron chi connectivity index (χ2n) is 4.57. The lowest BCUT2D eigenvalue weighted by molar-refractivity contribution is 0.211. The molecule has 1 aliphatic carbocycles. The summed E-state index contributed by atoms with van der Waals surface area (Å²) in [4.78, 5) is 4.33. The Morgan fingerprint density at radius 1 is 1.30 bits per heavy atom. The van der Waals surface area contributed by atoms with Gasteiger partial charge < -0.3 is 10.5 Å². The molecule has 20 heavy (non-hydrogen) atoms. The third-order valence-electron chi connectivity index (χ3n) is 3.06. The SMILES string of the molecule is NC1=CC(Cl)C(Cl)(Oc2cnc3ccccc3c2)C=C1. The van der Waals surface area contributed by atoms with Gasteiger partial charge in [-0.3, -0.25) is 4.98 Å². The van der Waals surface area contributed by atoms with Crippen LogP contribution in [0.15, 0.2) is 60.5 Å². The van der Waals surface area contributed by atoms with E-state index in [1.165, 1.54) is 0 Å². The fourth-order valence-electron chi connectivity index (χ4n) is 2.02. The summed E-state index contributed by atoms with van der Waals surface area (Å²) < 4.78 is 5.80. The molecule has 1 aliphatic rings. The van der Waals surface area contributed by atoms with Crippen molar-refractivity contribution in [2.24, 2.45) is 5.73 Å². The van der Waals surface area contributed by atoms with E-state index in [1.807, 2.05) is 30.3 Å². The van der Waals surface area contributed by atoms with Gasteiger partial charge in [0, 0.05) is 11.1 Å². The number of allylic oxidation sites excluding steroid dienone is 1. The van der Waals surface area contributed by atoms with Crippen LogP contribution in [0.3, 0.4) is 0 Å². The number of hydrogen-bond donors (Lipinski definition) is 1. The fourth-order valence-corrected chi connectivity index (χ4v) is 2.50. The molecule has 0 saturated heterocycles. The average molecular weight is 307 g/mol. The molecule has 1 heterocycles. The van der Waals surface area contributed by atoms with Crippen molar-refractivity contribution in [1.29, 1.82) is 0 Å². The van der Waals surface area contributed by atoms with Gasteiger partial charge in [-0.1, -0.05) is 29.8 Å². The van der Waals surface area contributed by atoms with E-state index in [9.17, 15) is 0 Å². The number of benzene rings is 1. The lowest BCUT2D eigenvalue weighted by Gasteiger charge is -2.30. The van der Waals surface area contributed by atoms with Gasteiger partial charge in [0.1, 0.15) is 11.1 Å². The minimum atomic E-state index is -1.16. The number of para-hydroxylation sites is 1. The smallest absolute Gasteiger partial charge is 0.221 e. The quantitative estimate of drug-likeness (QED) is 0.863. The lowest BCUT2D eigenvalue weighted by Crippen LogP contribution is -2.38. The van der Waals surface area contributed by atoms with E-state index in [0.29, 0.717) is 11.4 Å². The Bertz CT molecular complexity index is 714. The monoisotopic (exact) mass is 306 g/mol. The van der Waals surface area contributed by atoms with Gasteiger partial charge in [-0.15, -0.1) is 11.6 Å². The highest BCUT2D eigenvalue weighted by molar-refractivity contribution is 6.33. The number of aromatic nitrogens is 1. The highest BCUT2D eigenvalue weighted by Gasteiger charge is 2.36. The minimum absolute atomic E-state index is 0.555. The molecule has 1 aromatic heterocycles. The number of halogens is 2. The maximum absolute atomic E-state index is 6.41. The molecule has 0 amide bonds. The first-order chi connectivity index (χ1) is 9.57. The van der Waals surface area contributed by atoms with E-state index < -0.39 is 10.4 Å². The molecule has 0 fully saturated rings. The van der Waals surface area contributed by atoms with Gasteiger partial charge in [0.15, 0.2) is 0 Å². The predicted molar refractivity (Wildman–Crippen MR) is 82.0 cm³/mol. The summed E-state index contributed by atoms with van der Waals surface area (Å²) in [6.45, 7) is 0. The van der Waals surface area contributed by atoms with Crippen LogP contribution >= 0.6 is 23.2 Å². The Labute approximate surface area is 126 Å². The van der Waals surface area contributed by atoms with Crippen LogP contribution in [0, 0.1) is 0 Å². The number of alkyl halides is 2. The van der Waals surface area contributed by atoms with Crippen molar-refractivity contribution >= 4 is 34.1 Å². The Morgan fingerprint density at radius 3 is 2.90 bits per heavy atom. The maximum atomic E-state index is 6.41. The predicted octanol–water partition coefficient (Wildman–Crippen LogP) is 3.57. The summed E-state index contributed by atoms with van der Waals surface area (Å²) >= 11 is 12.6. The summed E-state index contributed by atoms with van der Waals surface area (Å²) in [5, 5.41) is -0.735. The van der Waals surface area contributed by atoms with Gasteiger partial charge in [-0.2, -0.15) is 0 Å². The van der Waals surface area contributed by atoms with Crippen LogP contribution < -0.4 is 10.5 Å². The number of ether oxygens (including phenoxy) is 1. The number of rotatable bonds is 2. The van der Waals surface area contributed by atoms with E-state index in [-0.39, 0.29) is 0 Å². The van der Waals surface area contributed by atoms with Gasteiger partial charge in [0.25, 0.3) is 0 Å². The second kappa shape index (κ2) is 5.00. The molecule has 2 aromatic rings. The zero-order valence-electron chi connectivity index (χ0n) is 10.5. The van der Waals surface area contributed by atoms with Gasteiger partial charge >= 0.3 is 0 Å². The Hall–Kier alpha value is -1.71. The summed E-state index contributed by atoms with van der Waals surface area (Å²) in [6, 6.07) is 9.65. The Morgan fingerprint density at radius 2 is 2.10 bits per heavy atom. The van der Waals surface area contributed by atoms with Crippen LogP contribution in [0.2, 0.25) is 0 Å². The first-order valence-electron chi connectivity index (χ1n) is 6.10. The van der Waals surface area contributed by atoms with E-state index in [0.717, 1.165) is 10.9 Å². The first-order valence-corrected chi connectivity index (χ1v) is 6.92. The molecule has 3 rings (SSSR count). The molecule has 1 aromatic carbocycles. The zero-order chi connectivity index (χ0) is 14.2. The topological polar surface area (TPSA) is 48.1 Å². The van der Waals surface area contributed by atoms with Gasteiger partial charge in [0.2, 0.25) is 5.06 Å². The van der Waals surface area contributed by atoms with Gasteiger partial charge in [0.05, 0.1) is 11.7 Å². The number of fused-ring (bicyclic) bond motifs is 1. The molecule has 2 atom stereocenters. The Balaban J connectivity index is 1.91. The van der Waals surface area contributed by atoms with Gasteiger partial charge in [-0.05, 0) is 30.4 Å². The van der Waals surface area contributed by atoms with Crippen molar-refractivity contribution in [1.82, 2.24) is 4.98 Å². The average Bonchev–Trinajstić information content (AvgIpc) is 2.44. The van der Waals surface area contributed by atoms with E-state index >= 15 is 0 Å². The molecule has 0 spiro atoms. The Kier molecular flexibility index (Phi) is 3.32. The molecule has 102 valence electrons. The van der Waals surface area contributed by atoms with Crippen molar-refractivity contribution in [3.05, 3.63) is 60.5 Å². The van der Waals surface area contributed by atoms with E-state index in [2.05, 4.69) is 4.98 Å². The number of hydrogen-bond acceptors (Lipinski definition) is 3. The molecule has 2 unspecified atom stereocenters. The number of nitrogens with two attached hydrogens (primary N) is 1. The highest BCUT2D eigenvalue weighted by Crippen LogP contribution is 2.34. The van der Waals surface area contributed by atoms with Crippen molar-refractivity contribution in [3.63, 3.8) is 0 Å². The normalized spacial score (nSPS) is 25.5. The third kappa shape index (κ3) is 2.47. The van der Waals surface area contributed by atoms with Crippen molar-refractivity contribution < 1.29 is 4.74 Å². The third-order valence-corrected chi connectivity index (χ3v) is 4.06. The van der Waals surface area contributed by atoms with E-state index in [1.54, 1.807) is 24.4 Å². The molecule has 0 saturated carbocycles. The minimum Gasteiger partial charge on any atom is -0.465 e. The van der Waals surface area contributed by atoms with Crippen LogP contribution in [0.5, 0.6) is 5.75 Å². The molecular weight excluding hydrogens is 295 g/mol. The fraction of sp³-hybridized carbons (Fsp3) is 0.133. The molecular formula is C15H12Cl2N2O. The van der Waals surface area contributed by atoms with Crippen LogP contribution in [-0.4, -0.2) is 15.4 Å². The lowest BCUT2D eigenvalue weighted by atomic mass is 10.1. The molecule has 0 aliphatic heterocycles. The first kappa shape index (κ1) is 13.3.